The third-order valence-electron chi connectivity index (χ3n) is 2.25. The third-order valence-corrected chi connectivity index (χ3v) is 4.02. The summed E-state index contributed by atoms with van der Waals surface area (Å²) in [6, 6.07) is 9.06. The van der Waals surface area contributed by atoms with Crippen LogP contribution in [-0.2, 0) is 26.0 Å². The molecule has 1 unspecified atom stereocenters. The number of carboxylic acid groups (broad SMARTS) is 1. The van der Waals surface area contributed by atoms with Crippen molar-refractivity contribution in [3.05, 3.63) is 35.9 Å². The molecule has 6 heteroatoms. The fourth-order valence-electron chi connectivity index (χ4n) is 1.11. The van der Waals surface area contributed by atoms with E-state index in [-0.39, 0.29) is 6.61 Å². The standard InChI is InChI=1S/C11H14O5S/c1-9(11(12)13)17(14,15)8-16-7-10-5-3-2-4-6-10/h2-6,9H,7-8H2,1H3,(H,12,13). The van der Waals surface area contributed by atoms with Crippen molar-refractivity contribution in [3.8, 4) is 0 Å². The van der Waals surface area contributed by atoms with Gasteiger partial charge in [-0.15, -0.1) is 0 Å². The highest BCUT2D eigenvalue weighted by Crippen LogP contribution is 2.06. The van der Waals surface area contributed by atoms with Crippen LogP contribution in [0.1, 0.15) is 12.5 Å². The smallest absolute Gasteiger partial charge is 0.321 e. The van der Waals surface area contributed by atoms with E-state index in [1.54, 1.807) is 12.1 Å². The Morgan fingerprint density at radius 1 is 1.35 bits per heavy atom. The van der Waals surface area contributed by atoms with Gasteiger partial charge in [0.15, 0.2) is 15.1 Å². The Balaban J connectivity index is 2.49. The first-order valence-electron chi connectivity index (χ1n) is 4.99. The quantitative estimate of drug-likeness (QED) is 0.824. The van der Waals surface area contributed by atoms with Crippen molar-refractivity contribution in [1.29, 1.82) is 0 Å². The summed E-state index contributed by atoms with van der Waals surface area (Å²) in [7, 11) is -3.75. The second-order valence-corrected chi connectivity index (χ2v) is 5.86. The Labute approximate surface area is 100.0 Å². The van der Waals surface area contributed by atoms with E-state index >= 15 is 0 Å². The number of carbonyl (C=O) groups is 1. The summed E-state index contributed by atoms with van der Waals surface area (Å²) in [5.74, 6) is -1.96. The average Bonchev–Trinajstić information content (AvgIpc) is 2.29. The van der Waals surface area contributed by atoms with E-state index < -0.39 is 27.0 Å². The highest BCUT2D eigenvalue weighted by atomic mass is 32.2. The Morgan fingerprint density at radius 2 is 1.94 bits per heavy atom. The van der Waals surface area contributed by atoms with Crippen LogP contribution in [0.4, 0.5) is 0 Å². The van der Waals surface area contributed by atoms with Crippen LogP contribution < -0.4 is 0 Å². The first-order valence-corrected chi connectivity index (χ1v) is 6.71. The minimum absolute atomic E-state index is 0.145. The van der Waals surface area contributed by atoms with Gasteiger partial charge in [-0.25, -0.2) is 8.42 Å². The molecule has 17 heavy (non-hydrogen) atoms. The zero-order valence-electron chi connectivity index (χ0n) is 9.37. The lowest BCUT2D eigenvalue weighted by atomic mass is 10.2. The van der Waals surface area contributed by atoms with Crippen LogP contribution in [0.15, 0.2) is 30.3 Å². The van der Waals surface area contributed by atoms with E-state index in [0.29, 0.717) is 0 Å². The van der Waals surface area contributed by atoms with Crippen LogP contribution in [0.3, 0.4) is 0 Å². The number of aliphatic carboxylic acids is 1. The maximum absolute atomic E-state index is 11.5. The van der Waals surface area contributed by atoms with Gasteiger partial charge in [0.05, 0.1) is 6.61 Å². The molecular formula is C11H14O5S. The molecule has 0 heterocycles. The van der Waals surface area contributed by atoms with Gasteiger partial charge >= 0.3 is 5.97 Å². The lowest BCUT2D eigenvalue weighted by molar-refractivity contribution is -0.136. The van der Waals surface area contributed by atoms with E-state index in [2.05, 4.69) is 0 Å². The van der Waals surface area contributed by atoms with Crippen molar-refractivity contribution < 1.29 is 23.1 Å². The number of ether oxygens (including phenoxy) is 1. The zero-order valence-corrected chi connectivity index (χ0v) is 10.2. The van der Waals surface area contributed by atoms with E-state index in [1.165, 1.54) is 0 Å². The Kier molecular flexibility index (Phi) is 4.65. The number of hydrogen-bond donors (Lipinski definition) is 1. The van der Waals surface area contributed by atoms with Crippen molar-refractivity contribution in [2.24, 2.45) is 0 Å². The number of hydrogen-bond acceptors (Lipinski definition) is 4. The van der Waals surface area contributed by atoms with Crippen molar-refractivity contribution in [2.75, 3.05) is 5.94 Å². The predicted octanol–water partition coefficient (Wildman–Crippen LogP) is 1.05. The Morgan fingerprint density at radius 3 is 2.47 bits per heavy atom. The summed E-state index contributed by atoms with van der Waals surface area (Å²) in [6.07, 6.45) is 0. The number of sulfone groups is 1. The van der Waals surface area contributed by atoms with E-state index in [9.17, 15) is 13.2 Å². The molecular weight excluding hydrogens is 244 g/mol. The molecule has 1 aromatic rings. The van der Waals surface area contributed by atoms with Crippen LogP contribution in [-0.4, -0.2) is 30.7 Å². The normalized spacial score (nSPS) is 13.2. The monoisotopic (exact) mass is 258 g/mol. The summed E-state index contributed by atoms with van der Waals surface area (Å²) in [4.78, 5) is 10.5. The average molecular weight is 258 g/mol. The van der Waals surface area contributed by atoms with Crippen molar-refractivity contribution in [3.63, 3.8) is 0 Å². The van der Waals surface area contributed by atoms with Crippen LogP contribution in [0.25, 0.3) is 0 Å². The molecule has 94 valence electrons. The summed E-state index contributed by atoms with van der Waals surface area (Å²) >= 11 is 0. The summed E-state index contributed by atoms with van der Waals surface area (Å²) in [6.45, 7) is 1.27. The van der Waals surface area contributed by atoms with Gasteiger partial charge in [0.25, 0.3) is 0 Å². The minimum Gasteiger partial charge on any atom is -0.480 e. The fraction of sp³-hybridized carbons (Fsp3) is 0.364. The van der Waals surface area contributed by atoms with Gasteiger partial charge in [-0.05, 0) is 12.5 Å². The summed E-state index contributed by atoms with van der Waals surface area (Å²) in [5, 5.41) is 7.15. The second kappa shape index (κ2) is 5.79. The Hall–Kier alpha value is -1.40. The summed E-state index contributed by atoms with van der Waals surface area (Å²) in [5.41, 5.74) is 0.839. The number of rotatable bonds is 6. The third kappa shape index (κ3) is 4.16. The van der Waals surface area contributed by atoms with E-state index in [1.807, 2.05) is 18.2 Å². The molecule has 1 N–H and O–H groups in total. The topological polar surface area (TPSA) is 80.7 Å². The molecule has 0 aliphatic rings. The molecule has 0 amide bonds. The molecule has 0 aromatic heterocycles. The second-order valence-electron chi connectivity index (χ2n) is 3.60. The molecule has 5 nitrogen and oxygen atoms in total. The highest BCUT2D eigenvalue weighted by molar-refractivity contribution is 7.92. The van der Waals surface area contributed by atoms with Crippen LogP contribution >= 0.6 is 0 Å². The van der Waals surface area contributed by atoms with Crippen LogP contribution in [0.5, 0.6) is 0 Å². The SMILES string of the molecule is CC(C(=O)O)S(=O)(=O)COCc1ccccc1. The first kappa shape index (κ1) is 13.7. The first-order chi connectivity index (χ1) is 7.93. The summed E-state index contributed by atoms with van der Waals surface area (Å²) < 4.78 is 27.9. The molecule has 0 fully saturated rings. The molecule has 1 atom stereocenters. The van der Waals surface area contributed by atoms with Gasteiger partial charge in [0, 0.05) is 0 Å². The van der Waals surface area contributed by atoms with Crippen molar-refractivity contribution in [1.82, 2.24) is 0 Å². The van der Waals surface area contributed by atoms with Gasteiger partial charge < -0.3 is 9.84 Å². The zero-order chi connectivity index (χ0) is 12.9. The van der Waals surface area contributed by atoms with Gasteiger partial charge in [0.1, 0.15) is 5.94 Å². The maximum Gasteiger partial charge on any atom is 0.321 e. The molecule has 0 bridgehead atoms. The minimum atomic E-state index is -3.75. The van der Waals surface area contributed by atoms with Crippen LogP contribution in [0.2, 0.25) is 0 Å². The van der Waals surface area contributed by atoms with Gasteiger partial charge in [0.2, 0.25) is 0 Å². The molecule has 0 saturated heterocycles. The maximum atomic E-state index is 11.5. The molecule has 0 spiro atoms. The van der Waals surface area contributed by atoms with Gasteiger partial charge in [-0.3, -0.25) is 4.79 Å². The van der Waals surface area contributed by atoms with Gasteiger partial charge in [-0.2, -0.15) is 0 Å². The fourth-order valence-corrected chi connectivity index (χ4v) is 1.93. The number of benzene rings is 1. The van der Waals surface area contributed by atoms with Crippen molar-refractivity contribution >= 4 is 15.8 Å². The molecule has 0 aliphatic heterocycles. The van der Waals surface area contributed by atoms with E-state index in [0.717, 1.165) is 12.5 Å². The Bertz CT molecular complexity index is 466. The lowest BCUT2D eigenvalue weighted by Gasteiger charge is -2.09. The lowest BCUT2D eigenvalue weighted by Crippen LogP contribution is -2.29. The predicted molar refractivity (Wildman–Crippen MR) is 62.1 cm³/mol. The number of carboxylic acids is 1. The largest absolute Gasteiger partial charge is 0.480 e. The van der Waals surface area contributed by atoms with E-state index in [4.69, 9.17) is 9.84 Å². The molecule has 1 rings (SSSR count). The van der Waals surface area contributed by atoms with Crippen molar-refractivity contribution in [2.45, 2.75) is 18.8 Å². The molecule has 0 saturated carbocycles. The highest BCUT2D eigenvalue weighted by Gasteiger charge is 2.27. The molecule has 0 radical (unpaired) electrons. The van der Waals surface area contributed by atoms with Gasteiger partial charge in [-0.1, -0.05) is 30.3 Å². The molecule has 0 aliphatic carbocycles. The van der Waals surface area contributed by atoms with Crippen LogP contribution in [0, 0.1) is 0 Å². The molecule has 1 aromatic carbocycles.